The van der Waals surface area contributed by atoms with E-state index >= 15 is 0 Å². The van der Waals surface area contributed by atoms with E-state index in [-0.39, 0.29) is 4.91 Å². The lowest BCUT2D eigenvalue weighted by molar-refractivity contribution is -0.127. The Morgan fingerprint density at radius 3 is 2.50 bits per heavy atom. The SMILES string of the molecule is Cc1cc(/C=C2\SC(=O)N(CC(N)=O)C2=O)c(C)n1-c1ccc(Cl)cc1. The normalized spacial score (nSPS) is 16.0. The minimum absolute atomic E-state index is 0.271. The van der Waals surface area contributed by atoms with Crippen LogP contribution >= 0.6 is 23.4 Å². The van der Waals surface area contributed by atoms with Gasteiger partial charge in [-0.25, -0.2) is 0 Å². The summed E-state index contributed by atoms with van der Waals surface area (Å²) in [5.74, 6) is -1.23. The van der Waals surface area contributed by atoms with Crippen LogP contribution < -0.4 is 5.73 Å². The van der Waals surface area contributed by atoms with E-state index in [0.29, 0.717) is 5.02 Å². The van der Waals surface area contributed by atoms with Gasteiger partial charge in [0, 0.05) is 22.1 Å². The van der Waals surface area contributed by atoms with Crippen molar-refractivity contribution in [3.63, 3.8) is 0 Å². The Bertz CT molecular complexity index is 947. The van der Waals surface area contributed by atoms with Gasteiger partial charge in [0.2, 0.25) is 5.91 Å². The number of carbonyl (C=O) groups excluding carboxylic acids is 3. The average Bonchev–Trinajstić information content (AvgIpc) is 2.99. The van der Waals surface area contributed by atoms with E-state index in [1.807, 2.05) is 48.7 Å². The maximum Gasteiger partial charge on any atom is 0.294 e. The fraction of sp³-hybridized carbons (Fsp3) is 0.167. The molecule has 1 aliphatic rings. The van der Waals surface area contributed by atoms with Crippen molar-refractivity contribution in [1.82, 2.24) is 9.47 Å². The topological polar surface area (TPSA) is 85.4 Å². The molecule has 0 radical (unpaired) electrons. The van der Waals surface area contributed by atoms with E-state index in [1.165, 1.54) is 0 Å². The van der Waals surface area contributed by atoms with Gasteiger partial charge in [-0.05, 0) is 67.6 Å². The molecule has 3 rings (SSSR count). The molecule has 1 fully saturated rings. The number of primary amides is 1. The molecule has 6 nitrogen and oxygen atoms in total. The van der Waals surface area contributed by atoms with Crippen molar-refractivity contribution in [2.24, 2.45) is 5.73 Å². The molecule has 0 unspecified atom stereocenters. The fourth-order valence-corrected chi connectivity index (χ4v) is 3.81. The first-order valence-corrected chi connectivity index (χ1v) is 8.96. The monoisotopic (exact) mass is 389 g/mol. The molecule has 0 aliphatic carbocycles. The minimum Gasteiger partial charge on any atom is -0.368 e. The van der Waals surface area contributed by atoms with Crippen molar-refractivity contribution in [1.29, 1.82) is 0 Å². The number of rotatable bonds is 4. The Morgan fingerprint density at radius 1 is 1.23 bits per heavy atom. The quantitative estimate of drug-likeness (QED) is 0.813. The Hall–Kier alpha value is -2.51. The molecule has 0 bridgehead atoms. The highest BCUT2D eigenvalue weighted by Crippen LogP contribution is 2.33. The number of nitrogens with zero attached hydrogens (tertiary/aromatic N) is 2. The van der Waals surface area contributed by atoms with E-state index in [9.17, 15) is 14.4 Å². The summed E-state index contributed by atoms with van der Waals surface area (Å²) >= 11 is 6.75. The van der Waals surface area contributed by atoms with Crippen LogP contribution in [0.1, 0.15) is 17.0 Å². The van der Waals surface area contributed by atoms with E-state index in [0.717, 1.165) is 39.3 Å². The third-order valence-corrected chi connectivity index (χ3v) is 5.19. The number of benzene rings is 1. The van der Waals surface area contributed by atoms with Crippen LogP contribution in [0.25, 0.3) is 11.8 Å². The van der Waals surface area contributed by atoms with E-state index < -0.39 is 23.6 Å². The summed E-state index contributed by atoms with van der Waals surface area (Å²) in [6, 6.07) is 9.38. The van der Waals surface area contributed by atoms with Gasteiger partial charge >= 0.3 is 0 Å². The second-order valence-corrected chi connectivity index (χ2v) is 7.30. The maximum atomic E-state index is 12.4. The Labute approximate surface area is 159 Å². The van der Waals surface area contributed by atoms with Crippen molar-refractivity contribution < 1.29 is 14.4 Å². The highest BCUT2D eigenvalue weighted by atomic mass is 35.5. The zero-order valence-corrected chi connectivity index (χ0v) is 15.7. The molecule has 8 heteroatoms. The summed E-state index contributed by atoms with van der Waals surface area (Å²) in [6.07, 6.45) is 1.67. The van der Waals surface area contributed by atoms with Gasteiger partial charge in [-0.3, -0.25) is 19.3 Å². The molecular weight excluding hydrogens is 374 g/mol. The third kappa shape index (κ3) is 3.40. The summed E-state index contributed by atoms with van der Waals surface area (Å²) in [7, 11) is 0. The molecular formula is C18H16ClN3O3S. The summed E-state index contributed by atoms with van der Waals surface area (Å²) in [6.45, 7) is 3.48. The smallest absolute Gasteiger partial charge is 0.294 e. The first kappa shape index (κ1) is 18.3. The standard InChI is InChI=1S/C18H16ClN3O3S/c1-10-7-12(11(2)22(10)14-5-3-13(19)4-6-14)8-15-17(24)21(9-16(20)23)18(25)26-15/h3-8H,9H2,1-2H3,(H2,20,23)/b15-8-. The molecule has 0 atom stereocenters. The predicted octanol–water partition coefficient (Wildman–Crippen LogP) is 3.27. The lowest BCUT2D eigenvalue weighted by Crippen LogP contribution is -2.36. The van der Waals surface area contributed by atoms with Gasteiger partial charge in [0.1, 0.15) is 6.54 Å². The summed E-state index contributed by atoms with van der Waals surface area (Å²) in [5, 5.41) is 0.158. The van der Waals surface area contributed by atoms with Crippen LogP contribution in [0.15, 0.2) is 35.2 Å². The summed E-state index contributed by atoms with van der Waals surface area (Å²) in [5.41, 5.74) is 8.76. The Morgan fingerprint density at radius 2 is 1.88 bits per heavy atom. The van der Waals surface area contributed by atoms with Gasteiger partial charge < -0.3 is 10.3 Å². The van der Waals surface area contributed by atoms with Crippen molar-refractivity contribution in [3.05, 3.63) is 57.2 Å². The van der Waals surface area contributed by atoms with E-state index in [4.69, 9.17) is 17.3 Å². The highest BCUT2D eigenvalue weighted by molar-refractivity contribution is 8.18. The number of thioether (sulfide) groups is 1. The Kier molecular flexibility index (Phi) is 4.93. The first-order chi connectivity index (χ1) is 12.3. The number of amides is 3. The van der Waals surface area contributed by atoms with Crippen LogP contribution in [-0.4, -0.2) is 33.1 Å². The van der Waals surface area contributed by atoms with Crippen molar-refractivity contribution in [2.75, 3.05) is 6.54 Å². The fourth-order valence-electron chi connectivity index (χ4n) is 2.85. The van der Waals surface area contributed by atoms with Gasteiger partial charge in [0.15, 0.2) is 0 Å². The van der Waals surface area contributed by atoms with Crippen LogP contribution in [0, 0.1) is 13.8 Å². The lowest BCUT2D eigenvalue weighted by Gasteiger charge is -2.10. The van der Waals surface area contributed by atoms with Crippen molar-refractivity contribution in [2.45, 2.75) is 13.8 Å². The number of halogens is 1. The molecule has 1 aliphatic heterocycles. The second kappa shape index (κ2) is 7.01. The van der Waals surface area contributed by atoms with Gasteiger partial charge in [-0.2, -0.15) is 0 Å². The van der Waals surface area contributed by atoms with Gasteiger partial charge in [0.05, 0.1) is 4.91 Å². The molecule has 1 aromatic heterocycles. The zero-order chi connectivity index (χ0) is 19.0. The molecule has 0 saturated carbocycles. The molecule has 1 aromatic carbocycles. The van der Waals surface area contributed by atoms with Crippen molar-refractivity contribution in [3.8, 4) is 5.69 Å². The molecule has 2 N–H and O–H groups in total. The number of aryl methyl sites for hydroxylation is 1. The molecule has 2 aromatic rings. The van der Waals surface area contributed by atoms with Gasteiger partial charge in [-0.1, -0.05) is 11.6 Å². The van der Waals surface area contributed by atoms with E-state index in [2.05, 4.69) is 0 Å². The molecule has 2 heterocycles. The van der Waals surface area contributed by atoms with E-state index in [1.54, 1.807) is 6.08 Å². The molecule has 134 valence electrons. The number of hydrogen-bond acceptors (Lipinski definition) is 4. The van der Waals surface area contributed by atoms with Gasteiger partial charge in [-0.15, -0.1) is 0 Å². The lowest BCUT2D eigenvalue weighted by atomic mass is 10.2. The number of imide groups is 1. The van der Waals surface area contributed by atoms with Crippen molar-refractivity contribution >= 4 is 46.5 Å². The second-order valence-electron chi connectivity index (χ2n) is 5.87. The summed E-state index contributed by atoms with van der Waals surface area (Å²) in [4.78, 5) is 36.4. The molecule has 0 spiro atoms. The highest BCUT2D eigenvalue weighted by Gasteiger charge is 2.36. The minimum atomic E-state index is -0.727. The van der Waals surface area contributed by atoms with Crippen LogP contribution in [0.4, 0.5) is 4.79 Å². The van der Waals surface area contributed by atoms with Crippen LogP contribution in [-0.2, 0) is 9.59 Å². The Balaban J connectivity index is 1.96. The first-order valence-electron chi connectivity index (χ1n) is 7.76. The maximum absolute atomic E-state index is 12.4. The molecule has 1 saturated heterocycles. The number of nitrogens with two attached hydrogens (primary N) is 1. The molecule has 3 amide bonds. The number of carbonyl (C=O) groups is 3. The number of aromatic nitrogens is 1. The average molecular weight is 390 g/mol. The van der Waals surface area contributed by atoms with Crippen LogP contribution in [0.3, 0.4) is 0 Å². The number of hydrogen-bond donors (Lipinski definition) is 1. The van der Waals surface area contributed by atoms with Gasteiger partial charge in [0.25, 0.3) is 11.1 Å². The summed E-state index contributed by atoms with van der Waals surface area (Å²) < 4.78 is 2.04. The van der Waals surface area contributed by atoms with Crippen LogP contribution in [0.5, 0.6) is 0 Å². The largest absolute Gasteiger partial charge is 0.368 e. The predicted molar refractivity (Wildman–Crippen MR) is 102 cm³/mol. The third-order valence-electron chi connectivity index (χ3n) is 4.03. The van der Waals surface area contributed by atoms with Crippen LogP contribution in [0.2, 0.25) is 5.02 Å². The molecule has 26 heavy (non-hydrogen) atoms. The zero-order valence-electron chi connectivity index (χ0n) is 14.2.